The number of rotatable bonds is 5. The van der Waals surface area contributed by atoms with E-state index in [0.717, 1.165) is 40.9 Å². The van der Waals surface area contributed by atoms with Crippen molar-refractivity contribution in [3.63, 3.8) is 0 Å². The molecule has 2 unspecified atom stereocenters. The average molecular weight is 354 g/mol. The first kappa shape index (κ1) is 15.2. The first-order valence-corrected chi connectivity index (χ1v) is 8.80. The highest BCUT2D eigenvalue weighted by Crippen LogP contribution is 2.40. The zero-order valence-electron chi connectivity index (χ0n) is 12.7. The van der Waals surface area contributed by atoms with E-state index in [1.54, 1.807) is 0 Å². The van der Waals surface area contributed by atoms with Gasteiger partial charge < -0.3 is 14.8 Å². The van der Waals surface area contributed by atoms with Crippen LogP contribution in [0.1, 0.15) is 44.6 Å². The lowest BCUT2D eigenvalue weighted by Crippen LogP contribution is -2.21. The van der Waals surface area contributed by atoms with Gasteiger partial charge in [-0.2, -0.15) is 0 Å². The Hall–Kier alpha value is -0.740. The summed E-state index contributed by atoms with van der Waals surface area (Å²) in [5.41, 5.74) is 1.24. The predicted octanol–water partition coefficient (Wildman–Crippen LogP) is 4.48. The third kappa shape index (κ3) is 3.92. The molecule has 3 rings (SSSR count). The summed E-state index contributed by atoms with van der Waals surface area (Å²) in [4.78, 5) is 0. The summed E-state index contributed by atoms with van der Waals surface area (Å²) in [6.07, 6.45) is 6.98. The molecular formula is C17H24BrNO2. The minimum Gasteiger partial charge on any atom is -0.454 e. The van der Waals surface area contributed by atoms with Gasteiger partial charge in [0, 0.05) is 6.54 Å². The Morgan fingerprint density at radius 3 is 3.05 bits per heavy atom. The van der Waals surface area contributed by atoms with Crippen molar-refractivity contribution < 1.29 is 9.47 Å². The second kappa shape index (κ2) is 7.01. The molecule has 1 fully saturated rings. The molecule has 2 atom stereocenters. The summed E-state index contributed by atoms with van der Waals surface area (Å²) in [6, 6.07) is 4.19. The second-order valence-corrected chi connectivity index (χ2v) is 7.27. The molecule has 0 saturated heterocycles. The van der Waals surface area contributed by atoms with Crippen molar-refractivity contribution in [3.05, 3.63) is 22.2 Å². The number of ether oxygens (including phenoxy) is 2. The minimum atomic E-state index is 0.324. The van der Waals surface area contributed by atoms with E-state index in [1.165, 1.54) is 37.7 Å². The van der Waals surface area contributed by atoms with E-state index in [9.17, 15) is 0 Å². The van der Waals surface area contributed by atoms with Crippen LogP contribution < -0.4 is 14.8 Å². The van der Waals surface area contributed by atoms with E-state index in [0.29, 0.717) is 6.79 Å². The topological polar surface area (TPSA) is 30.5 Å². The van der Waals surface area contributed by atoms with Crippen LogP contribution in [0.2, 0.25) is 0 Å². The van der Waals surface area contributed by atoms with Gasteiger partial charge in [0.25, 0.3) is 0 Å². The molecule has 1 aromatic carbocycles. The normalized spacial score (nSPS) is 24.3. The molecule has 0 spiro atoms. The average Bonchev–Trinajstić information content (AvgIpc) is 2.93. The van der Waals surface area contributed by atoms with Crippen LogP contribution in [0.4, 0.5) is 0 Å². The van der Waals surface area contributed by atoms with Crippen molar-refractivity contribution in [2.45, 2.75) is 45.6 Å². The molecule has 1 saturated carbocycles. The molecule has 21 heavy (non-hydrogen) atoms. The van der Waals surface area contributed by atoms with Crippen LogP contribution in [0.3, 0.4) is 0 Å². The smallest absolute Gasteiger partial charge is 0.231 e. The number of benzene rings is 1. The Morgan fingerprint density at radius 2 is 2.19 bits per heavy atom. The summed E-state index contributed by atoms with van der Waals surface area (Å²) in [5, 5.41) is 3.57. The fraction of sp³-hybridized carbons (Fsp3) is 0.647. The van der Waals surface area contributed by atoms with Crippen molar-refractivity contribution in [3.8, 4) is 11.5 Å². The Labute approximate surface area is 135 Å². The van der Waals surface area contributed by atoms with E-state index in [2.05, 4.69) is 40.3 Å². The Bertz CT molecular complexity index is 492. The molecule has 0 radical (unpaired) electrons. The molecule has 116 valence electrons. The van der Waals surface area contributed by atoms with E-state index in [4.69, 9.17) is 9.47 Å². The summed E-state index contributed by atoms with van der Waals surface area (Å²) in [6.45, 7) is 4.70. The standard InChI is InChI=1S/C17H24BrNO2/c1-12-3-2-4-13(7-12)5-6-19-10-14-8-15(18)17-16(9-14)20-11-21-17/h8-9,12-13,19H,2-7,10-11H2,1H3. The molecule has 2 aliphatic rings. The largest absolute Gasteiger partial charge is 0.454 e. The van der Waals surface area contributed by atoms with Crippen LogP contribution >= 0.6 is 15.9 Å². The fourth-order valence-corrected chi connectivity index (χ4v) is 4.09. The monoisotopic (exact) mass is 353 g/mol. The number of hydrogen-bond donors (Lipinski definition) is 1. The van der Waals surface area contributed by atoms with Gasteiger partial charge in [0.15, 0.2) is 11.5 Å². The Balaban J connectivity index is 1.44. The van der Waals surface area contributed by atoms with Crippen molar-refractivity contribution >= 4 is 15.9 Å². The minimum absolute atomic E-state index is 0.324. The van der Waals surface area contributed by atoms with E-state index < -0.39 is 0 Å². The van der Waals surface area contributed by atoms with Gasteiger partial charge in [0.2, 0.25) is 6.79 Å². The highest BCUT2D eigenvalue weighted by molar-refractivity contribution is 9.10. The number of nitrogens with one attached hydrogen (secondary N) is 1. The van der Waals surface area contributed by atoms with Gasteiger partial charge >= 0.3 is 0 Å². The number of hydrogen-bond acceptors (Lipinski definition) is 3. The zero-order chi connectivity index (χ0) is 14.7. The molecule has 1 aliphatic heterocycles. The summed E-state index contributed by atoms with van der Waals surface area (Å²) in [7, 11) is 0. The second-order valence-electron chi connectivity index (χ2n) is 6.41. The molecule has 1 N–H and O–H groups in total. The van der Waals surface area contributed by atoms with Crippen LogP contribution in [0.25, 0.3) is 0 Å². The Kier molecular flexibility index (Phi) is 5.07. The maximum absolute atomic E-state index is 5.45. The van der Waals surface area contributed by atoms with Gasteiger partial charge in [0.1, 0.15) is 0 Å². The SMILES string of the molecule is CC1CCCC(CCNCc2cc(Br)c3c(c2)OCO3)C1. The van der Waals surface area contributed by atoms with Gasteiger partial charge in [-0.25, -0.2) is 0 Å². The number of fused-ring (bicyclic) bond motifs is 1. The van der Waals surface area contributed by atoms with Gasteiger partial charge in [-0.15, -0.1) is 0 Å². The van der Waals surface area contributed by atoms with E-state index >= 15 is 0 Å². The third-order valence-electron chi connectivity index (χ3n) is 4.59. The molecule has 0 bridgehead atoms. The molecule has 0 aromatic heterocycles. The molecular weight excluding hydrogens is 330 g/mol. The highest BCUT2D eigenvalue weighted by Gasteiger charge is 2.19. The van der Waals surface area contributed by atoms with Crippen molar-refractivity contribution in [1.29, 1.82) is 0 Å². The quantitative estimate of drug-likeness (QED) is 0.791. The fourth-order valence-electron chi connectivity index (χ4n) is 3.48. The van der Waals surface area contributed by atoms with Gasteiger partial charge in [-0.3, -0.25) is 0 Å². The maximum Gasteiger partial charge on any atom is 0.231 e. The van der Waals surface area contributed by atoms with Crippen molar-refractivity contribution in [2.75, 3.05) is 13.3 Å². The Morgan fingerprint density at radius 1 is 1.29 bits per heavy atom. The van der Waals surface area contributed by atoms with Crippen molar-refractivity contribution in [2.24, 2.45) is 11.8 Å². The van der Waals surface area contributed by atoms with Gasteiger partial charge in [0.05, 0.1) is 4.47 Å². The lowest BCUT2D eigenvalue weighted by Gasteiger charge is -2.26. The lowest BCUT2D eigenvalue weighted by molar-refractivity contribution is 0.173. The predicted molar refractivity (Wildman–Crippen MR) is 87.7 cm³/mol. The third-order valence-corrected chi connectivity index (χ3v) is 5.18. The molecule has 3 nitrogen and oxygen atoms in total. The van der Waals surface area contributed by atoms with Crippen LogP contribution in [-0.4, -0.2) is 13.3 Å². The first-order chi connectivity index (χ1) is 10.2. The summed E-state index contributed by atoms with van der Waals surface area (Å²) < 4.78 is 11.8. The lowest BCUT2D eigenvalue weighted by atomic mass is 9.81. The highest BCUT2D eigenvalue weighted by atomic mass is 79.9. The van der Waals surface area contributed by atoms with Crippen LogP contribution in [-0.2, 0) is 6.54 Å². The van der Waals surface area contributed by atoms with Crippen molar-refractivity contribution in [1.82, 2.24) is 5.32 Å². The molecule has 1 aromatic rings. The van der Waals surface area contributed by atoms with Crippen LogP contribution in [0.5, 0.6) is 11.5 Å². The molecule has 4 heteroatoms. The van der Waals surface area contributed by atoms with E-state index in [1.807, 2.05) is 0 Å². The van der Waals surface area contributed by atoms with Gasteiger partial charge in [-0.1, -0.05) is 26.2 Å². The van der Waals surface area contributed by atoms with Crippen LogP contribution in [0.15, 0.2) is 16.6 Å². The van der Waals surface area contributed by atoms with Gasteiger partial charge in [-0.05, 0) is 64.8 Å². The van der Waals surface area contributed by atoms with E-state index in [-0.39, 0.29) is 0 Å². The summed E-state index contributed by atoms with van der Waals surface area (Å²) in [5.74, 6) is 3.52. The zero-order valence-corrected chi connectivity index (χ0v) is 14.2. The first-order valence-electron chi connectivity index (χ1n) is 8.01. The number of halogens is 1. The summed E-state index contributed by atoms with van der Waals surface area (Å²) >= 11 is 3.54. The molecule has 1 aliphatic carbocycles. The molecule has 0 amide bonds. The van der Waals surface area contributed by atoms with Crippen LogP contribution in [0, 0.1) is 11.8 Å². The molecule has 1 heterocycles. The maximum atomic E-state index is 5.45.